The van der Waals surface area contributed by atoms with Gasteiger partial charge in [-0.3, -0.25) is 4.68 Å². The van der Waals surface area contributed by atoms with Crippen molar-refractivity contribution in [2.75, 3.05) is 0 Å². The molecule has 0 unspecified atom stereocenters. The zero-order chi connectivity index (χ0) is 17.6. The number of aromatic nitrogens is 6. The van der Waals surface area contributed by atoms with Gasteiger partial charge in [-0.2, -0.15) is 14.7 Å². The maximum atomic E-state index is 13.1. The fourth-order valence-electron chi connectivity index (χ4n) is 2.97. The third kappa shape index (κ3) is 2.72. The molecule has 4 rings (SSSR count). The molecule has 0 aliphatic carbocycles. The second kappa shape index (κ2) is 6.03. The van der Waals surface area contributed by atoms with Crippen LogP contribution in [0.2, 0.25) is 0 Å². The Hall–Kier alpha value is -2.61. The van der Waals surface area contributed by atoms with Crippen molar-refractivity contribution in [3.63, 3.8) is 0 Å². The number of benzene rings is 1. The third-order valence-corrected chi connectivity index (χ3v) is 5.14. The standard InChI is InChI=1S/C17H17FN6S/c1-4-23-11(3)15(10(2)21-23)16-22-24-14(19-20-17(24)25-16)9-12-5-7-13(18)8-6-12/h5-8H,4,9H2,1-3H3. The van der Waals surface area contributed by atoms with Crippen LogP contribution >= 0.6 is 11.3 Å². The molecule has 0 aliphatic rings. The molecule has 3 heterocycles. The van der Waals surface area contributed by atoms with E-state index in [0.717, 1.165) is 44.9 Å². The van der Waals surface area contributed by atoms with E-state index in [9.17, 15) is 4.39 Å². The third-order valence-electron chi connectivity index (χ3n) is 4.23. The average Bonchev–Trinajstić information content (AvgIpc) is 3.24. The predicted molar refractivity (Wildman–Crippen MR) is 94.2 cm³/mol. The first-order valence-corrected chi connectivity index (χ1v) is 8.88. The molecule has 128 valence electrons. The molecule has 0 N–H and O–H groups in total. The zero-order valence-electron chi connectivity index (χ0n) is 14.2. The summed E-state index contributed by atoms with van der Waals surface area (Å²) in [5.41, 5.74) is 4.09. The van der Waals surface area contributed by atoms with Gasteiger partial charge < -0.3 is 0 Å². The van der Waals surface area contributed by atoms with E-state index in [1.807, 2.05) is 11.6 Å². The molecular weight excluding hydrogens is 339 g/mol. The van der Waals surface area contributed by atoms with Gasteiger partial charge in [-0.1, -0.05) is 23.5 Å². The Morgan fingerprint density at radius 1 is 1.08 bits per heavy atom. The number of hydrogen-bond acceptors (Lipinski definition) is 5. The summed E-state index contributed by atoms with van der Waals surface area (Å²) in [4.78, 5) is 0.746. The molecule has 6 nitrogen and oxygen atoms in total. The van der Waals surface area contributed by atoms with Gasteiger partial charge in [0.1, 0.15) is 5.82 Å². The van der Waals surface area contributed by atoms with Gasteiger partial charge in [0.25, 0.3) is 0 Å². The van der Waals surface area contributed by atoms with E-state index in [1.54, 1.807) is 16.6 Å². The molecular formula is C17H17FN6S. The summed E-state index contributed by atoms with van der Waals surface area (Å²) < 4.78 is 16.8. The van der Waals surface area contributed by atoms with Gasteiger partial charge in [-0.05, 0) is 38.5 Å². The van der Waals surface area contributed by atoms with Crippen LogP contribution in [0.3, 0.4) is 0 Å². The van der Waals surface area contributed by atoms with E-state index in [2.05, 4.69) is 29.1 Å². The van der Waals surface area contributed by atoms with Crippen molar-refractivity contribution >= 4 is 16.3 Å². The van der Waals surface area contributed by atoms with E-state index in [4.69, 9.17) is 5.10 Å². The molecule has 0 amide bonds. The fraction of sp³-hybridized carbons (Fsp3) is 0.294. The van der Waals surface area contributed by atoms with E-state index in [0.29, 0.717) is 6.42 Å². The van der Waals surface area contributed by atoms with Gasteiger partial charge in [0.05, 0.1) is 11.3 Å². The van der Waals surface area contributed by atoms with E-state index >= 15 is 0 Å². The molecule has 0 fully saturated rings. The summed E-state index contributed by atoms with van der Waals surface area (Å²) in [5, 5.41) is 18.6. The normalized spacial score (nSPS) is 11.5. The Kier molecular flexibility index (Phi) is 3.84. The highest BCUT2D eigenvalue weighted by molar-refractivity contribution is 7.19. The van der Waals surface area contributed by atoms with Gasteiger partial charge >= 0.3 is 0 Å². The second-order valence-corrected chi connectivity index (χ2v) is 6.84. The van der Waals surface area contributed by atoms with E-state index in [1.165, 1.54) is 23.5 Å². The lowest BCUT2D eigenvalue weighted by Crippen LogP contribution is -1.99. The summed E-state index contributed by atoms with van der Waals surface area (Å²) in [6.07, 6.45) is 0.552. The Balaban J connectivity index is 1.73. The summed E-state index contributed by atoms with van der Waals surface area (Å²) in [5.74, 6) is 0.493. The topological polar surface area (TPSA) is 60.9 Å². The maximum absolute atomic E-state index is 13.1. The fourth-order valence-corrected chi connectivity index (χ4v) is 3.98. The first-order chi connectivity index (χ1) is 12.1. The van der Waals surface area contributed by atoms with Crippen molar-refractivity contribution in [2.45, 2.75) is 33.7 Å². The Bertz CT molecular complexity index is 1040. The lowest BCUT2D eigenvalue weighted by atomic mass is 10.1. The van der Waals surface area contributed by atoms with Crippen molar-refractivity contribution in [3.05, 3.63) is 52.9 Å². The Morgan fingerprint density at radius 3 is 2.52 bits per heavy atom. The predicted octanol–water partition coefficient (Wildman–Crippen LogP) is 3.42. The highest BCUT2D eigenvalue weighted by Gasteiger charge is 2.19. The molecule has 3 aromatic heterocycles. The van der Waals surface area contributed by atoms with Gasteiger partial charge in [0.15, 0.2) is 10.8 Å². The van der Waals surface area contributed by atoms with Crippen LogP contribution in [0.1, 0.15) is 29.7 Å². The number of hydrogen-bond donors (Lipinski definition) is 0. The van der Waals surface area contributed by atoms with E-state index < -0.39 is 0 Å². The second-order valence-electron chi connectivity index (χ2n) is 5.88. The molecule has 0 saturated heterocycles. The Morgan fingerprint density at radius 2 is 1.84 bits per heavy atom. The summed E-state index contributed by atoms with van der Waals surface area (Å²) >= 11 is 1.50. The van der Waals surface area contributed by atoms with Gasteiger partial charge in [-0.25, -0.2) is 4.39 Å². The molecule has 8 heteroatoms. The summed E-state index contributed by atoms with van der Waals surface area (Å²) in [7, 11) is 0. The smallest absolute Gasteiger partial charge is 0.234 e. The minimum Gasteiger partial charge on any atom is -0.269 e. The summed E-state index contributed by atoms with van der Waals surface area (Å²) in [6, 6.07) is 6.41. The number of nitrogens with zero attached hydrogens (tertiary/aromatic N) is 6. The molecule has 4 aromatic rings. The van der Waals surface area contributed by atoms with Crippen LogP contribution in [0.5, 0.6) is 0 Å². The van der Waals surface area contributed by atoms with Crippen molar-refractivity contribution < 1.29 is 4.39 Å². The summed E-state index contributed by atoms with van der Waals surface area (Å²) in [6.45, 7) is 6.95. The molecule has 0 radical (unpaired) electrons. The largest absolute Gasteiger partial charge is 0.269 e. The number of fused-ring (bicyclic) bond motifs is 1. The van der Waals surface area contributed by atoms with E-state index in [-0.39, 0.29) is 5.82 Å². The quantitative estimate of drug-likeness (QED) is 0.562. The number of rotatable bonds is 4. The average molecular weight is 356 g/mol. The molecule has 25 heavy (non-hydrogen) atoms. The van der Waals surface area contributed by atoms with Crippen LogP contribution in [0.25, 0.3) is 15.5 Å². The molecule has 0 saturated carbocycles. The van der Waals surface area contributed by atoms with Crippen LogP contribution < -0.4 is 0 Å². The SMILES string of the molecule is CCn1nc(C)c(-c2nn3c(Cc4ccc(F)cc4)nnc3s2)c1C. The van der Waals surface area contributed by atoms with Crippen LogP contribution in [-0.4, -0.2) is 29.6 Å². The van der Waals surface area contributed by atoms with Gasteiger partial charge in [0, 0.05) is 18.7 Å². The number of aryl methyl sites for hydroxylation is 2. The number of halogens is 1. The van der Waals surface area contributed by atoms with Crippen molar-refractivity contribution in [1.82, 2.24) is 29.6 Å². The molecule has 0 bridgehead atoms. The Labute approximate surface area is 147 Å². The van der Waals surface area contributed by atoms with Crippen molar-refractivity contribution in [2.24, 2.45) is 0 Å². The minimum atomic E-state index is -0.245. The maximum Gasteiger partial charge on any atom is 0.234 e. The lowest BCUT2D eigenvalue weighted by Gasteiger charge is -2.00. The molecule has 0 spiro atoms. The van der Waals surface area contributed by atoms with Crippen molar-refractivity contribution in [1.29, 1.82) is 0 Å². The molecule has 0 aliphatic heterocycles. The highest BCUT2D eigenvalue weighted by atomic mass is 32.1. The lowest BCUT2D eigenvalue weighted by molar-refractivity contribution is 0.627. The molecule has 0 atom stereocenters. The minimum absolute atomic E-state index is 0.245. The molecule has 1 aromatic carbocycles. The van der Waals surface area contributed by atoms with Crippen LogP contribution in [0, 0.1) is 19.7 Å². The van der Waals surface area contributed by atoms with Crippen LogP contribution in [-0.2, 0) is 13.0 Å². The monoisotopic (exact) mass is 356 g/mol. The first-order valence-electron chi connectivity index (χ1n) is 8.06. The van der Waals surface area contributed by atoms with Crippen molar-refractivity contribution in [3.8, 4) is 10.6 Å². The highest BCUT2D eigenvalue weighted by Crippen LogP contribution is 2.31. The first kappa shape index (κ1) is 15.9. The van der Waals surface area contributed by atoms with Crippen LogP contribution in [0.4, 0.5) is 4.39 Å². The van der Waals surface area contributed by atoms with Gasteiger partial charge in [-0.15, -0.1) is 10.2 Å². The zero-order valence-corrected chi connectivity index (χ0v) is 15.0. The van der Waals surface area contributed by atoms with Crippen LogP contribution in [0.15, 0.2) is 24.3 Å². The van der Waals surface area contributed by atoms with Gasteiger partial charge in [0.2, 0.25) is 4.96 Å².